The molecule has 1 N–H and O–H groups in total. The molecule has 0 unspecified atom stereocenters. The molecule has 0 aromatic heterocycles. The molecule has 0 atom stereocenters. The van der Waals surface area contributed by atoms with E-state index in [9.17, 15) is 4.79 Å². The van der Waals surface area contributed by atoms with Crippen molar-refractivity contribution < 1.29 is 9.53 Å². The summed E-state index contributed by atoms with van der Waals surface area (Å²) in [6, 6.07) is 10.0. The van der Waals surface area contributed by atoms with Crippen LogP contribution in [0.1, 0.15) is 18.4 Å². The van der Waals surface area contributed by atoms with E-state index in [0.29, 0.717) is 6.61 Å². The Morgan fingerprint density at radius 3 is 2.50 bits per heavy atom. The van der Waals surface area contributed by atoms with Gasteiger partial charge in [0.05, 0.1) is 5.41 Å². The van der Waals surface area contributed by atoms with Crippen LogP contribution < -0.4 is 5.32 Å². The van der Waals surface area contributed by atoms with Crippen LogP contribution in [-0.2, 0) is 14.9 Å². The molecule has 0 bridgehead atoms. The van der Waals surface area contributed by atoms with E-state index in [1.165, 1.54) is 0 Å². The van der Waals surface area contributed by atoms with Crippen molar-refractivity contribution in [3.63, 3.8) is 0 Å². The lowest BCUT2D eigenvalue weighted by molar-refractivity contribution is -0.152. The second kappa shape index (κ2) is 6.86. The standard InChI is InChI=1S/C16H24N2O2/c1-18(2)12-13-20-15(19)16(8-10-17-11-9-16)14-6-4-3-5-7-14/h3-7,17H,8-13H2,1-2H3. The molecular formula is C16H24N2O2. The van der Waals surface area contributed by atoms with Gasteiger partial charge in [0.15, 0.2) is 0 Å². The van der Waals surface area contributed by atoms with Crippen molar-refractivity contribution in [2.24, 2.45) is 0 Å². The summed E-state index contributed by atoms with van der Waals surface area (Å²) in [5.74, 6) is -0.0768. The van der Waals surface area contributed by atoms with Crippen molar-refractivity contribution in [3.05, 3.63) is 35.9 Å². The van der Waals surface area contributed by atoms with Gasteiger partial charge in [-0.15, -0.1) is 0 Å². The van der Waals surface area contributed by atoms with Crippen molar-refractivity contribution in [1.82, 2.24) is 10.2 Å². The molecule has 1 heterocycles. The number of esters is 1. The fourth-order valence-electron chi connectivity index (χ4n) is 2.68. The monoisotopic (exact) mass is 276 g/mol. The van der Waals surface area contributed by atoms with Crippen molar-refractivity contribution in [3.8, 4) is 0 Å². The van der Waals surface area contributed by atoms with E-state index in [0.717, 1.165) is 38.0 Å². The molecule has 2 rings (SSSR count). The number of hydrogen-bond acceptors (Lipinski definition) is 4. The largest absolute Gasteiger partial charge is 0.464 e. The highest BCUT2D eigenvalue weighted by atomic mass is 16.5. The molecule has 4 heteroatoms. The number of likely N-dealkylation sites (N-methyl/N-ethyl adjacent to an activating group) is 1. The Bertz CT molecular complexity index is 425. The number of rotatable bonds is 5. The van der Waals surface area contributed by atoms with Gasteiger partial charge in [0, 0.05) is 6.54 Å². The summed E-state index contributed by atoms with van der Waals surface area (Å²) in [6.45, 7) is 2.93. The summed E-state index contributed by atoms with van der Waals surface area (Å²) >= 11 is 0. The van der Waals surface area contributed by atoms with Gasteiger partial charge in [-0.2, -0.15) is 0 Å². The van der Waals surface area contributed by atoms with E-state index in [4.69, 9.17) is 4.74 Å². The average Bonchev–Trinajstić information content (AvgIpc) is 2.48. The van der Waals surface area contributed by atoms with Gasteiger partial charge in [0.25, 0.3) is 0 Å². The van der Waals surface area contributed by atoms with Crippen molar-refractivity contribution in [2.75, 3.05) is 40.3 Å². The van der Waals surface area contributed by atoms with Gasteiger partial charge in [0.2, 0.25) is 0 Å². The maximum Gasteiger partial charge on any atom is 0.316 e. The Labute approximate surface area is 121 Å². The van der Waals surface area contributed by atoms with Crippen LogP contribution in [-0.4, -0.2) is 51.2 Å². The van der Waals surface area contributed by atoms with Crippen LogP contribution in [0.15, 0.2) is 30.3 Å². The third kappa shape index (κ3) is 3.38. The second-order valence-electron chi connectivity index (χ2n) is 5.64. The number of nitrogens with one attached hydrogen (secondary N) is 1. The quantitative estimate of drug-likeness (QED) is 0.826. The minimum Gasteiger partial charge on any atom is -0.464 e. The van der Waals surface area contributed by atoms with Gasteiger partial charge in [-0.1, -0.05) is 30.3 Å². The molecule has 110 valence electrons. The van der Waals surface area contributed by atoms with E-state index in [2.05, 4.69) is 5.32 Å². The van der Waals surface area contributed by atoms with Gasteiger partial charge in [0.1, 0.15) is 6.61 Å². The number of nitrogens with zero attached hydrogens (tertiary/aromatic N) is 1. The maximum atomic E-state index is 12.6. The molecule has 20 heavy (non-hydrogen) atoms. The summed E-state index contributed by atoms with van der Waals surface area (Å²) in [7, 11) is 3.96. The number of carbonyl (C=O) groups excluding carboxylic acids is 1. The molecule has 0 saturated carbocycles. The normalized spacial score (nSPS) is 17.9. The molecule has 0 aliphatic carbocycles. The Balaban J connectivity index is 2.13. The molecule has 0 spiro atoms. The van der Waals surface area contributed by atoms with Gasteiger partial charge in [-0.3, -0.25) is 4.79 Å². The van der Waals surface area contributed by atoms with Gasteiger partial charge in [-0.25, -0.2) is 0 Å². The zero-order valence-corrected chi connectivity index (χ0v) is 12.4. The van der Waals surface area contributed by atoms with Crippen molar-refractivity contribution in [2.45, 2.75) is 18.3 Å². The Morgan fingerprint density at radius 2 is 1.90 bits per heavy atom. The van der Waals surface area contributed by atoms with Gasteiger partial charge >= 0.3 is 5.97 Å². The molecule has 1 aliphatic heterocycles. The number of ether oxygens (including phenoxy) is 1. The molecule has 1 saturated heterocycles. The molecule has 1 aromatic rings. The number of carbonyl (C=O) groups is 1. The summed E-state index contributed by atoms with van der Waals surface area (Å²) in [5.41, 5.74) is 0.607. The lowest BCUT2D eigenvalue weighted by Crippen LogP contribution is -2.46. The Hall–Kier alpha value is -1.39. The predicted octanol–water partition coefficient (Wildman–Crippen LogP) is 1.41. The van der Waals surface area contributed by atoms with Crippen LogP contribution in [0, 0.1) is 0 Å². The average molecular weight is 276 g/mol. The van der Waals surface area contributed by atoms with Crippen LogP contribution in [0.5, 0.6) is 0 Å². The highest BCUT2D eigenvalue weighted by molar-refractivity contribution is 5.83. The first-order valence-corrected chi connectivity index (χ1v) is 7.23. The first kappa shape index (κ1) is 15.0. The van der Waals surface area contributed by atoms with E-state index < -0.39 is 5.41 Å². The van der Waals surface area contributed by atoms with Gasteiger partial charge in [-0.05, 0) is 45.6 Å². The molecule has 0 radical (unpaired) electrons. The fraction of sp³-hybridized carbons (Fsp3) is 0.562. The van der Waals surface area contributed by atoms with E-state index in [1.807, 2.05) is 49.3 Å². The topological polar surface area (TPSA) is 41.6 Å². The number of benzene rings is 1. The van der Waals surface area contributed by atoms with Crippen LogP contribution >= 0.6 is 0 Å². The van der Waals surface area contributed by atoms with Crippen LogP contribution in [0.3, 0.4) is 0 Å². The lowest BCUT2D eigenvalue weighted by Gasteiger charge is -2.35. The minimum absolute atomic E-state index is 0.0768. The van der Waals surface area contributed by atoms with Crippen LogP contribution in [0.25, 0.3) is 0 Å². The summed E-state index contributed by atoms with van der Waals surface area (Å²) in [6.07, 6.45) is 1.61. The van der Waals surface area contributed by atoms with E-state index in [1.54, 1.807) is 0 Å². The molecule has 1 aliphatic rings. The zero-order valence-electron chi connectivity index (χ0n) is 12.4. The molecule has 1 aromatic carbocycles. The third-order valence-corrected chi connectivity index (χ3v) is 3.95. The Morgan fingerprint density at radius 1 is 1.25 bits per heavy atom. The van der Waals surface area contributed by atoms with Crippen molar-refractivity contribution in [1.29, 1.82) is 0 Å². The maximum absolute atomic E-state index is 12.6. The predicted molar refractivity (Wildman–Crippen MR) is 79.7 cm³/mol. The molecule has 0 amide bonds. The summed E-state index contributed by atoms with van der Waals surface area (Å²) in [5, 5.41) is 3.32. The van der Waals surface area contributed by atoms with Crippen LogP contribution in [0.2, 0.25) is 0 Å². The highest BCUT2D eigenvalue weighted by Gasteiger charge is 2.42. The van der Waals surface area contributed by atoms with E-state index in [-0.39, 0.29) is 5.97 Å². The SMILES string of the molecule is CN(C)CCOC(=O)C1(c2ccccc2)CCNCC1. The smallest absolute Gasteiger partial charge is 0.316 e. The minimum atomic E-state index is -0.473. The summed E-state index contributed by atoms with van der Waals surface area (Å²) in [4.78, 5) is 14.7. The molecule has 4 nitrogen and oxygen atoms in total. The third-order valence-electron chi connectivity index (χ3n) is 3.95. The fourth-order valence-corrected chi connectivity index (χ4v) is 2.68. The molecular weight excluding hydrogens is 252 g/mol. The van der Waals surface area contributed by atoms with Gasteiger partial charge < -0.3 is 15.0 Å². The zero-order chi connectivity index (χ0) is 14.4. The van der Waals surface area contributed by atoms with Crippen LogP contribution in [0.4, 0.5) is 0 Å². The highest BCUT2D eigenvalue weighted by Crippen LogP contribution is 2.34. The Kier molecular flexibility index (Phi) is 5.15. The first-order chi connectivity index (χ1) is 9.65. The van der Waals surface area contributed by atoms with E-state index >= 15 is 0 Å². The lowest BCUT2D eigenvalue weighted by atomic mass is 9.73. The summed E-state index contributed by atoms with van der Waals surface area (Å²) < 4.78 is 5.54. The molecule has 1 fully saturated rings. The second-order valence-corrected chi connectivity index (χ2v) is 5.64. The number of hydrogen-bond donors (Lipinski definition) is 1. The van der Waals surface area contributed by atoms with Crippen molar-refractivity contribution >= 4 is 5.97 Å². The first-order valence-electron chi connectivity index (χ1n) is 7.23. The number of piperidine rings is 1.